The Bertz CT molecular complexity index is 776. The van der Waals surface area contributed by atoms with Gasteiger partial charge in [-0.15, -0.1) is 0 Å². The molecule has 23 heavy (non-hydrogen) atoms. The van der Waals surface area contributed by atoms with Gasteiger partial charge in [0.2, 0.25) is 5.91 Å². The van der Waals surface area contributed by atoms with Gasteiger partial charge in [-0.1, -0.05) is 18.2 Å². The first-order valence-corrected chi connectivity index (χ1v) is 6.88. The number of rotatable bonds is 5. The molecule has 0 aliphatic carbocycles. The van der Waals surface area contributed by atoms with E-state index in [-0.39, 0.29) is 5.91 Å². The average Bonchev–Trinajstić information content (AvgIpc) is 2.59. The van der Waals surface area contributed by atoms with Crippen molar-refractivity contribution < 1.29 is 14.3 Å². The maximum atomic E-state index is 12.0. The minimum atomic E-state index is -0.301. The van der Waals surface area contributed by atoms with Crippen molar-refractivity contribution in [3.63, 3.8) is 0 Å². The summed E-state index contributed by atoms with van der Waals surface area (Å²) in [6, 6.07) is 14.2. The Morgan fingerprint density at radius 2 is 1.96 bits per heavy atom. The Morgan fingerprint density at radius 1 is 1.17 bits per heavy atom. The molecule has 0 radical (unpaired) electrons. The Hall–Kier alpha value is -3.26. The zero-order valence-corrected chi connectivity index (χ0v) is 12.9. The van der Waals surface area contributed by atoms with Gasteiger partial charge in [-0.2, -0.15) is 5.26 Å². The van der Waals surface area contributed by atoms with Gasteiger partial charge in [0.1, 0.15) is 0 Å². The average molecular weight is 308 g/mol. The van der Waals surface area contributed by atoms with Crippen LogP contribution < -0.4 is 14.8 Å². The number of nitriles is 1. The summed E-state index contributed by atoms with van der Waals surface area (Å²) >= 11 is 0. The van der Waals surface area contributed by atoms with Crippen LogP contribution in [0.15, 0.2) is 48.5 Å². The second-order valence-corrected chi connectivity index (χ2v) is 4.60. The molecule has 0 bridgehead atoms. The lowest BCUT2D eigenvalue weighted by Gasteiger charge is -2.09. The molecule has 1 amide bonds. The number of amides is 1. The third-order valence-electron chi connectivity index (χ3n) is 3.11. The van der Waals surface area contributed by atoms with Crippen molar-refractivity contribution in [2.45, 2.75) is 0 Å². The zero-order chi connectivity index (χ0) is 16.7. The summed E-state index contributed by atoms with van der Waals surface area (Å²) in [6.07, 6.45) is 3.04. The topological polar surface area (TPSA) is 71.3 Å². The smallest absolute Gasteiger partial charge is 0.248 e. The number of carbonyl (C=O) groups excluding carboxylic acids is 1. The van der Waals surface area contributed by atoms with Crippen LogP contribution in [-0.4, -0.2) is 20.1 Å². The van der Waals surface area contributed by atoms with Crippen LogP contribution >= 0.6 is 0 Å². The van der Waals surface area contributed by atoms with Gasteiger partial charge in [0.25, 0.3) is 0 Å². The number of nitrogens with zero attached hydrogens (tertiary/aromatic N) is 1. The lowest BCUT2D eigenvalue weighted by Crippen LogP contribution is -2.07. The molecule has 1 N–H and O–H groups in total. The van der Waals surface area contributed by atoms with Crippen LogP contribution in [0.2, 0.25) is 0 Å². The zero-order valence-electron chi connectivity index (χ0n) is 12.9. The summed E-state index contributed by atoms with van der Waals surface area (Å²) < 4.78 is 10.5. The van der Waals surface area contributed by atoms with Gasteiger partial charge in [-0.05, 0) is 30.3 Å². The highest BCUT2D eigenvalue weighted by atomic mass is 16.5. The fourth-order valence-electron chi connectivity index (χ4n) is 2.06. The van der Waals surface area contributed by atoms with Gasteiger partial charge in [-0.3, -0.25) is 4.79 Å². The normalized spacial score (nSPS) is 10.1. The minimum absolute atomic E-state index is 0.301. The van der Waals surface area contributed by atoms with Gasteiger partial charge in [-0.25, -0.2) is 0 Å². The summed E-state index contributed by atoms with van der Waals surface area (Å²) in [5.74, 6) is 0.854. The van der Waals surface area contributed by atoms with E-state index in [1.54, 1.807) is 50.6 Å². The Balaban J connectivity index is 2.14. The van der Waals surface area contributed by atoms with Gasteiger partial charge < -0.3 is 14.8 Å². The molecular formula is C18H16N2O3. The predicted octanol–water partition coefficient (Wildman–Crippen LogP) is 3.23. The van der Waals surface area contributed by atoms with Crippen molar-refractivity contribution in [1.29, 1.82) is 5.26 Å². The Kier molecular flexibility index (Phi) is 5.37. The van der Waals surface area contributed by atoms with Crippen molar-refractivity contribution in [1.82, 2.24) is 0 Å². The van der Waals surface area contributed by atoms with E-state index in [1.807, 2.05) is 18.2 Å². The lowest BCUT2D eigenvalue weighted by atomic mass is 10.1. The number of para-hydroxylation sites is 1. The van der Waals surface area contributed by atoms with Crippen LogP contribution in [0.25, 0.3) is 6.08 Å². The summed E-state index contributed by atoms with van der Waals surface area (Å²) in [5, 5.41) is 11.6. The number of hydrogen-bond donors (Lipinski definition) is 1. The molecule has 0 aliphatic heterocycles. The maximum Gasteiger partial charge on any atom is 0.248 e. The van der Waals surface area contributed by atoms with E-state index in [4.69, 9.17) is 14.7 Å². The van der Waals surface area contributed by atoms with Crippen LogP contribution in [0.1, 0.15) is 11.1 Å². The third-order valence-corrected chi connectivity index (χ3v) is 3.11. The minimum Gasteiger partial charge on any atom is -0.493 e. The molecule has 2 aromatic carbocycles. The molecule has 0 saturated carbocycles. The summed E-state index contributed by atoms with van der Waals surface area (Å²) in [6.45, 7) is 0. The monoisotopic (exact) mass is 308 g/mol. The third kappa shape index (κ3) is 4.11. The van der Waals surface area contributed by atoms with Crippen molar-refractivity contribution >= 4 is 17.7 Å². The number of hydrogen-bond acceptors (Lipinski definition) is 4. The van der Waals surface area contributed by atoms with E-state index < -0.39 is 0 Å². The highest BCUT2D eigenvalue weighted by Gasteiger charge is 2.07. The van der Waals surface area contributed by atoms with Gasteiger partial charge in [0.05, 0.1) is 25.9 Å². The maximum absolute atomic E-state index is 12.0. The lowest BCUT2D eigenvalue weighted by molar-refractivity contribution is -0.111. The standard InChI is InChI=1S/C18H16N2O3/c1-22-16-8-4-6-14(18(16)23-2)9-10-17(21)20-15-7-3-5-13(11-15)12-19/h3-11H,1-2H3,(H,20,21)/b10-9+. The number of nitrogens with one attached hydrogen (secondary N) is 1. The molecule has 0 heterocycles. The fraction of sp³-hybridized carbons (Fsp3) is 0.111. The molecule has 2 rings (SSSR count). The molecular weight excluding hydrogens is 292 g/mol. The quantitative estimate of drug-likeness (QED) is 0.861. The van der Waals surface area contributed by atoms with Crippen LogP contribution in [0.3, 0.4) is 0 Å². The summed E-state index contributed by atoms with van der Waals surface area (Å²) in [5.41, 5.74) is 1.78. The van der Waals surface area contributed by atoms with E-state index in [1.165, 1.54) is 6.08 Å². The van der Waals surface area contributed by atoms with Crippen LogP contribution in [0.5, 0.6) is 11.5 Å². The number of carbonyl (C=O) groups is 1. The molecule has 5 nitrogen and oxygen atoms in total. The van der Waals surface area contributed by atoms with Crippen molar-refractivity contribution in [3.8, 4) is 17.6 Å². The van der Waals surface area contributed by atoms with Crippen LogP contribution in [-0.2, 0) is 4.79 Å². The first-order chi connectivity index (χ1) is 11.2. The van der Waals surface area contributed by atoms with E-state index in [0.29, 0.717) is 22.7 Å². The van der Waals surface area contributed by atoms with E-state index >= 15 is 0 Å². The highest BCUT2D eigenvalue weighted by molar-refractivity contribution is 6.02. The van der Waals surface area contributed by atoms with Gasteiger partial charge >= 0.3 is 0 Å². The van der Waals surface area contributed by atoms with E-state index in [0.717, 1.165) is 5.56 Å². The summed E-state index contributed by atoms with van der Waals surface area (Å²) in [4.78, 5) is 12.0. The van der Waals surface area contributed by atoms with Crippen molar-refractivity contribution in [2.75, 3.05) is 19.5 Å². The second-order valence-electron chi connectivity index (χ2n) is 4.60. The first-order valence-electron chi connectivity index (χ1n) is 6.88. The number of ether oxygens (including phenoxy) is 2. The summed E-state index contributed by atoms with van der Waals surface area (Å²) in [7, 11) is 3.10. The molecule has 0 aliphatic rings. The molecule has 0 aromatic heterocycles. The van der Waals surface area contributed by atoms with Crippen LogP contribution in [0, 0.1) is 11.3 Å². The largest absolute Gasteiger partial charge is 0.493 e. The Labute approximate surface area is 134 Å². The molecule has 0 unspecified atom stereocenters. The molecule has 0 spiro atoms. The molecule has 116 valence electrons. The Morgan fingerprint density at radius 3 is 2.65 bits per heavy atom. The molecule has 2 aromatic rings. The number of anilines is 1. The number of methoxy groups -OCH3 is 2. The van der Waals surface area contributed by atoms with Gasteiger partial charge in [0, 0.05) is 17.3 Å². The molecule has 0 saturated heterocycles. The molecule has 0 atom stereocenters. The SMILES string of the molecule is COc1cccc(/C=C/C(=O)Nc2cccc(C#N)c2)c1OC. The van der Waals surface area contributed by atoms with Crippen molar-refractivity contribution in [2.24, 2.45) is 0 Å². The molecule has 5 heteroatoms. The van der Waals surface area contributed by atoms with Crippen molar-refractivity contribution in [3.05, 3.63) is 59.7 Å². The van der Waals surface area contributed by atoms with E-state index in [9.17, 15) is 4.79 Å². The highest BCUT2D eigenvalue weighted by Crippen LogP contribution is 2.31. The second kappa shape index (κ2) is 7.66. The predicted molar refractivity (Wildman–Crippen MR) is 88.4 cm³/mol. The molecule has 0 fully saturated rings. The van der Waals surface area contributed by atoms with E-state index in [2.05, 4.69) is 5.32 Å². The van der Waals surface area contributed by atoms with Gasteiger partial charge in [0.15, 0.2) is 11.5 Å². The van der Waals surface area contributed by atoms with Crippen LogP contribution in [0.4, 0.5) is 5.69 Å². The number of benzene rings is 2. The first kappa shape index (κ1) is 16.1. The fourth-order valence-corrected chi connectivity index (χ4v) is 2.06.